The van der Waals surface area contributed by atoms with Crippen molar-refractivity contribution in [1.29, 1.82) is 0 Å². The molecule has 330 valence electrons. The Hall–Kier alpha value is -0.726. The molecule has 16 nitrogen and oxygen atoms in total. The fraction of sp³-hybridized carbons (Fsp3) is 0.895. The number of hydrogen-bond acceptors (Lipinski definition) is 16. The molecular formula is C38H74O16Si2. The number of aliphatic hydroxyl groups excluding tert-OH is 2. The van der Waals surface area contributed by atoms with Crippen LogP contribution in [0.2, 0.25) is 12.1 Å². The molecule has 0 aromatic rings. The van der Waals surface area contributed by atoms with E-state index in [0.29, 0.717) is 71.2 Å². The van der Waals surface area contributed by atoms with Gasteiger partial charge < -0.3 is 74.7 Å². The predicted octanol–water partition coefficient (Wildman–Crippen LogP) is 3.67. The zero-order valence-electron chi connectivity index (χ0n) is 35.3. The molecule has 0 spiro atoms. The van der Waals surface area contributed by atoms with Crippen molar-refractivity contribution >= 4 is 17.6 Å². The molecule has 0 amide bonds. The van der Waals surface area contributed by atoms with Crippen molar-refractivity contribution < 1.29 is 74.7 Å². The fourth-order valence-electron chi connectivity index (χ4n) is 6.96. The van der Waals surface area contributed by atoms with Crippen molar-refractivity contribution in [2.75, 3.05) is 86.4 Å². The molecule has 0 aliphatic carbocycles. The van der Waals surface area contributed by atoms with Gasteiger partial charge in [-0.3, -0.25) is 0 Å². The van der Waals surface area contributed by atoms with Crippen LogP contribution in [-0.2, 0) is 64.5 Å². The molecule has 2 heterocycles. The Morgan fingerprint density at radius 2 is 1.07 bits per heavy atom. The van der Waals surface area contributed by atoms with E-state index in [2.05, 4.69) is 13.2 Å². The summed E-state index contributed by atoms with van der Waals surface area (Å²) in [6, 6.07) is 1.12. The van der Waals surface area contributed by atoms with Crippen LogP contribution in [0, 0.1) is 0 Å². The van der Waals surface area contributed by atoms with E-state index >= 15 is 0 Å². The Kier molecular flexibility index (Phi) is 26.3. The van der Waals surface area contributed by atoms with Gasteiger partial charge in [0.1, 0.15) is 48.8 Å². The van der Waals surface area contributed by atoms with Gasteiger partial charge in [-0.1, -0.05) is 12.2 Å². The first-order valence-corrected chi connectivity index (χ1v) is 24.2. The first-order valence-electron chi connectivity index (χ1n) is 20.4. The molecule has 2 N–H and O–H groups in total. The van der Waals surface area contributed by atoms with Crippen LogP contribution in [0.5, 0.6) is 0 Å². The maximum Gasteiger partial charge on any atom is 0.501 e. The van der Waals surface area contributed by atoms with Crippen LogP contribution in [0.3, 0.4) is 0 Å². The Morgan fingerprint density at radius 3 is 1.57 bits per heavy atom. The van der Waals surface area contributed by atoms with Crippen LogP contribution < -0.4 is 0 Å². The lowest BCUT2D eigenvalue weighted by Crippen LogP contribution is -2.65. The van der Waals surface area contributed by atoms with Crippen LogP contribution in [0.1, 0.15) is 61.3 Å². The van der Waals surface area contributed by atoms with Crippen molar-refractivity contribution in [2.45, 2.75) is 135 Å². The first kappa shape index (κ1) is 51.4. The highest BCUT2D eigenvalue weighted by molar-refractivity contribution is 6.61. The number of hydrogen-bond donors (Lipinski definition) is 2. The Bertz CT molecular complexity index is 994. The minimum Gasteiger partial charge on any atom is -0.387 e. The average Bonchev–Trinajstić information content (AvgIpc) is 3.16. The lowest BCUT2D eigenvalue weighted by molar-refractivity contribution is -0.350. The highest BCUT2D eigenvalue weighted by atomic mass is 28.4. The van der Waals surface area contributed by atoms with E-state index in [1.807, 2.05) is 48.5 Å². The second-order valence-electron chi connectivity index (χ2n) is 13.2. The minimum absolute atomic E-state index is 0.0798. The molecule has 56 heavy (non-hydrogen) atoms. The van der Waals surface area contributed by atoms with E-state index in [4.69, 9.17) is 64.5 Å². The Labute approximate surface area is 338 Å². The third-order valence-corrected chi connectivity index (χ3v) is 15.5. The quantitative estimate of drug-likeness (QED) is 0.0557. The molecule has 2 fully saturated rings. The van der Waals surface area contributed by atoms with Gasteiger partial charge in [-0.25, -0.2) is 0 Å². The molecule has 0 radical (unpaired) electrons. The van der Waals surface area contributed by atoms with Gasteiger partial charge >= 0.3 is 17.6 Å². The summed E-state index contributed by atoms with van der Waals surface area (Å²) in [5.74, 6) is 0. The number of methoxy groups -OCH3 is 1. The summed E-state index contributed by atoms with van der Waals surface area (Å²) < 4.78 is 85.3. The van der Waals surface area contributed by atoms with Crippen LogP contribution in [0.15, 0.2) is 25.3 Å². The summed E-state index contributed by atoms with van der Waals surface area (Å²) in [5.41, 5.74) is 0. The molecule has 2 rings (SSSR count). The molecule has 0 bridgehead atoms. The molecule has 18 heteroatoms. The summed E-state index contributed by atoms with van der Waals surface area (Å²) in [6.45, 7) is 24.8. The molecule has 10 atom stereocenters. The number of ether oxygens (including phenoxy) is 8. The normalized spacial score (nSPS) is 28.8. The van der Waals surface area contributed by atoms with Gasteiger partial charge in [-0.15, -0.1) is 13.2 Å². The smallest absolute Gasteiger partial charge is 0.387 e. The van der Waals surface area contributed by atoms with Crippen LogP contribution in [-0.4, -0.2) is 175 Å². The Balaban J connectivity index is 2.31. The average molecular weight is 843 g/mol. The third-order valence-electron chi connectivity index (χ3n) is 9.17. The lowest BCUT2D eigenvalue weighted by atomic mass is 9.94. The molecule has 0 unspecified atom stereocenters. The molecular weight excluding hydrogens is 769 g/mol. The van der Waals surface area contributed by atoms with Crippen molar-refractivity contribution in [2.24, 2.45) is 0 Å². The lowest BCUT2D eigenvalue weighted by Gasteiger charge is -2.48. The second kappa shape index (κ2) is 28.7. The van der Waals surface area contributed by atoms with Crippen molar-refractivity contribution in [3.63, 3.8) is 0 Å². The van der Waals surface area contributed by atoms with E-state index in [-0.39, 0.29) is 33.0 Å². The van der Waals surface area contributed by atoms with Crippen molar-refractivity contribution in [3.8, 4) is 0 Å². The van der Waals surface area contributed by atoms with Gasteiger partial charge in [0, 0.05) is 72.1 Å². The highest BCUT2D eigenvalue weighted by Gasteiger charge is 2.52. The van der Waals surface area contributed by atoms with Crippen LogP contribution in [0.4, 0.5) is 0 Å². The van der Waals surface area contributed by atoms with E-state index in [0.717, 1.165) is 0 Å². The molecule has 2 aliphatic rings. The Morgan fingerprint density at radius 1 is 0.589 bits per heavy atom. The topological polar surface area (TPSA) is 170 Å². The van der Waals surface area contributed by atoms with E-state index in [1.165, 1.54) is 7.11 Å². The summed E-state index contributed by atoms with van der Waals surface area (Å²) >= 11 is 0. The van der Waals surface area contributed by atoms with Gasteiger partial charge in [-0.05, 0) is 61.3 Å². The summed E-state index contributed by atoms with van der Waals surface area (Å²) in [5, 5.41) is 23.5. The van der Waals surface area contributed by atoms with Crippen molar-refractivity contribution in [1.82, 2.24) is 0 Å². The van der Waals surface area contributed by atoms with Gasteiger partial charge in [0.25, 0.3) is 0 Å². The SMILES string of the molecule is C=CCOC[C@H]1O[C@@H](O[C@H]2[C@H](O)[C@@H](OCCC[Si](OCC)(OCC)OCC)[C@H](C)O[C@@H]2COCCC[Si](OCC)(OCC)OCC)[C@H](OCC=C)[C@@H](O)[C@@H]1OC. The van der Waals surface area contributed by atoms with Crippen LogP contribution >= 0.6 is 0 Å². The highest BCUT2D eigenvalue weighted by Crippen LogP contribution is 2.33. The summed E-state index contributed by atoms with van der Waals surface area (Å²) in [7, 11) is -4.27. The molecule has 0 aromatic carbocycles. The van der Waals surface area contributed by atoms with Crippen molar-refractivity contribution in [3.05, 3.63) is 25.3 Å². The third kappa shape index (κ3) is 16.0. The predicted molar refractivity (Wildman–Crippen MR) is 212 cm³/mol. The van der Waals surface area contributed by atoms with Gasteiger partial charge in [0.05, 0.1) is 32.5 Å². The molecule has 2 aliphatic heterocycles. The second-order valence-corrected chi connectivity index (χ2v) is 18.7. The van der Waals surface area contributed by atoms with E-state index in [9.17, 15) is 10.2 Å². The van der Waals surface area contributed by atoms with E-state index < -0.39 is 78.8 Å². The molecule has 0 aromatic heterocycles. The largest absolute Gasteiger partial charge is 0.501 e. The minimum atomic E-state index is -2.89. The van der Waals surface area contributed by atoms with Gasteiger partial charge in [0.2, 0.25) is 0 Å². The van der Waals surface area contributed by atoms with Gasteiger partial charge in [0.15, 0.2) is 6.29 Å². The number of rotatable bonds is 33. The van der Waals surface area contributed by atoms with Crippen LogP contribution in [0.25, 0.3) is 0 Å². The first-order chi connectivity index (χ1) is 27.1. The maximum absolute atomic E-state index is 12.0. The standard InChI is InChI=1S/C38H74O16Si2/c1-11-21-42-27-30-35(41-10)33(40)37(44-22-12-2)38(53-30)54-36-31(28-43-23-19-25-55(46-13-3,47-14-4)48-15-5)52-29(9)34(32(36)39)45-24-20-26-56(49-16-6,50-17-7)51-18-8/h11-12,29-40H,1-2,13-28H2,3-10H3/t29-,30+,31+,32+,33-,34-,35+,36+,37+,38-/m0/s1. The zero-order valence-corrected chi connectivity index (χ0v) is 37.3. The monoisotopic (exact) mass is 842 g/mol. The number of aliphatic hydroxyl groups is 2. The van der Waals surface area contributed by atoms with E-state index in [1.54, 1.807) is 12.2 Å². The van der Waals surface area contributed by atoms with Gasteiger partial charge in [-0.2, -0.15) is 0 Å². The fourth-order valence-corrected chi connectivity index (χ4v) is 12.1. The summed E-state index contributed by atoms with van der Waals surface area (Å²) in [6.07, 6.45) is -4.80. The zero-order chi connectivity index (χ0) is 41.4. The molecule has 2 saturated heterocycles. The summed E-state index contributed by atoms with van der Waals surface area (Å²) in [4.78, 5) is 0. The molecule has 0 saturated carbocycles. The maximum atomic E-state index is 12.0.